The van der Waals surface area contributed by atoms with Gasteiger partial charge in [0.1, 0.15) is 0 Å². The maximum atomic E-state index is 3.61. The Hall–Kier alpha value is -0.120. The van der Waals surface area contributed by atoms with Gasteiger partial charge in [-0.3, -0.25) is 4.90 Å². The molecule has 0 aromatic carbocycles. The SMILES string of the molecule is CC(C)CNCC(C)C(C)N1CCN(CC2CC2)CC1. The van der Waals surface area contributed by atoms with Crippen LogP contribution in [-0.4, -0.2) is 61.7 Å². The predicted octanol–water partition coefficient (Wildman–Crippen LogP) is 2.28. The van der Waals surface area contributed by atoms with Gasteiger partial charge in [-0.1, -0.05) is 20.8 Å². The lowest BCUT2D eigenvalue weighted by atomic mass is 10.0. The smallest absolute Gasteiger partial charge is 0.0113 e. The van der Waals surface area contributed by atoms with E-state index in [-0.39, 0.29) is 0 Å². The van der Waals surface area contributed by atoms with E-state index in [2.05, 4.69) is 42.8 Å². The molecule has 0 bridgehead atoms. The van der Waals surface area contributed by atoms with E-state index in [1.807, 2.05) is 0 Å². The second-order valence-corrected chi connectivity index (χ2v) is 7.55. The molecule has 1 aliphatic carbocycles. The summed E-state index contributed by atoms with van der Waals surface area (Å²) >= 11 is 0. The Bertz CT molecular complexity index is 267. The minimum Gasteiger partial charge on any atom is -0.316 e. The minimum absolute atomic E-state index is 0.706. The number of hydrogen-bond acceptors (Lipinski definition) is 3. The average Bonchev–Trinajstić information content (AvgIpc) is 3.22. The number of piperazine rings is 1. The summed E-state index contributed by atoms with van der Waals surface area (Å²) in [4.78, 5) is 5.38. The molecule has 1 N–H and O–H groups in total. The fraction of sp³-hybridized carbons (Fsp3) is 1.00. The minimum atomic E-state index is 0.706. The molecule has 1 saturated heterocycles. The Morgan fingerprint density at radius 1 is 0.950 bits per heavy atom. The van der Waals surface area contributed by atoms with Crippen molar-refractivity contribution in [2.24, 2.45) is 17.8 Å². The highest BCUT2D eigenvalue weighted by Crippen LogP contribution is 2.30. The van der Waals surface area contributed by atoms with Crippen molar-refractivity contribution < 1.29 is 0 Å². The molecule has 118 valence electrons. The van der Waals surface area contributed by atoms with Crippen LogP contribution in [0.25, 0.3) is 0 Å². The van der Waals surface area contributed by atoms with Gasteiger partial charge < -0.3 is 10.2 Å². The quantitative estimate of drug-likeness (QED) is 0.736. The highest BCUT2D eigenvalue weighted by Gasteiger charge is 2.28. The summed E-state index contributed by atoms with van der Waals surface area (Å²) < 4.78 is 0. The molecule has 0 spiro atoms. The van der Waals surface area contributed by atoms with Crippen molar-refractivity contribution >= 4 is 0 Å². The van der Waals surface area contributed by atoms with Crippen LogP contribution in [0.5, 0.6) is 0 Å². The van der Waals surface area contributed by atoms with Crippen LogP contribution in [0.4, 0.5) is 0 Å². The van der Waals surface area contributed by atoms with Crippen molar-refractivity contribution in [2.75, 3.05) is 45.8 Å². The molecule has 1 aliphatic heterocycles. The van der Waals surface area contributed by atoms with Crippen LogP contribution in [0, 0.1) is 17.8 Å². The van der Waals surface area contributed by atoms with Crippen molar-refractivity contribution in [1.29, 1.82) is 0 Å². The molecule has 1 saturated carbocycles. The first kappa shape index (κ1) is 16.3. The fourth-order valence-electron chi connectivity index (χ4n) is 3.15. The maximum Gasteiger partial charge on any atom is 0.0113 e. The topological polar surface area (TPSA) is 18.5 Å². The van der Waals surface area contributed by atoms with Gasteiger partial charge in [-0.25, -0.2) is 0 Å². The van der Waals surface area contributed by atoms with Gasteiger partial charge >= 0.3 is 0 Å². The monoisotopic (exact) mass is 281 g/mol. The van der Waals surface area contributed by atoms with E-state index in [0.717, 1.165) is 30.8 Å². The molecule has 0 aromatic heterocycles. The molecule has 20 heavy (non-hydrogen) atoms. The fourth-order valence-corrected chi connectivity index (χ4v) is 3.15. The molecule has 1 heterocycles. The third kappa shape index (κ3) is 5.34. The molecule has 0 aromatic rings. The van der Waals surface area contributed by atoms with Gasteiger partial charge in [-0.2, -0.15) is 0 Å². The van der Waals surface area contributed by atoms with Crippen molar-refractivity contribution in [1.82, 2.24) is 15.1 Å². The van der Waals surface area contributed by atoms with E-state index < -0.39 is 0 Å². The first-order valence-corrected chi connectivity index (χ1v) is 8.73. The van der Waals surface area contributed by atoms with Crippen molar-refractivity contribution in [3.63, 3.8) is 0 Å². The molecule has 2 fully saturated rings. The van der Waals surface area contributed by atoms with Gasteiger partial charge in [-0.05, 0) is 50.6 Å². The van der Waals surface area contributed by atoms with Crippen LogP contribution in [0.1, 0.15) is 40.5 Å². The zero-order valence-corrected chi connectivity index (χ0v) is 14.1. The van der Waals surface area contributed by atoms with Crippen LogP contribution in [0.15, 0.2) is 0 Å². The number of hydrogen-bond donors (Lipinski definition) is 1. The molecule has 3 heteroatoms. The Morgan fingerprint density at radius 3 is 2.15 bits per heavy atom. The molecule has 2 aliphatic rings. The molecule has 0 amide bonds. The van der Waals surface area contributed by atoms with E-state index in [9.17, 15) is 0 Å². The van der Waals surface area contributed by atoms with E-state index in [1.165, 1.54) is 45.6 Å². The van der Waals surface area contributed by atoms with Gasteiger partial charge in [0.05, 0.1) is 0 Å². The Morgan fingerprint density at radius 2 is 1.60 bits per heavy atom. The van der Waals surface area contributed by atoms with Crippen LogP contribution in [-0.2, 0) is 0 Å². The molecular weight excluding hydrogens is 246 g/mol. The molecule has 0 radical (unpaired) electrons. The van der Waals surface area contributed by atoms with Gasteiger partial charge in [0.2, 0.25) is 0 Å². The standard InChI is InChI=1S/C17H35N3/c1-14(2)11-18-12-15(3)16(4)20-9-7-19(8-10-20)13-17-5-6-17/h14-18H,5-13H2,1-4H3. The maximum absolute atomic E-state index is 3.61. The Kier molecular flexibility index (Phi) is 6.31. The normalized spacial score (nSPS) is 25.1. The summed E-state index contributed by atoms with van der Waals surface area (Å²) in [6, 6.07) is 0.706. The molecule has 3 nitrogen and oxygen atoms in total. The Balaban J connectivity index is 1.63. The number of nitrogens with one attached hydrogen (secondary N) is 1. The van der Waals surface area contributed by atoms with Crippen LogP contribution < -0.4 is 5.32 Å². The lowest BCUT2D eigenvalue weighted by molar-refractivity contribution is 0.0780. The van der Waals surface area contributed by atoms with Gasteiger partial charge in [0, 0.05) is 38.8 Å². The molecule has 2 rings (SSSR count). The zero-order chi connectivity index (χ0) is 14.5. The highest BCUT2D eigenvalue weighted by molar-refractivity contribution is 4.83. The van der Waals surface area contributed by atoms with Crippen molar-refractivity contribution in [2.45, 2.75) is 46.6 Å². The molecule has 2 atom stereocenters. The summed E-state index contributed by atoms with van der Waals surface area (Å²) in [6.45, 7) is 18.1. The average molecular weight is 281 g/mol. The summed E-state index contributed by atoms with van der Waals surface area (Å²) in [6.07, 6.45) is 2.96. The predicted molar refractivity (Wildman–Crippen MR) is 87.1 cm³/mol. The second kappa shape index (κ2) is 7.77. The van der Waals surface area contributed by atoms with Crippen LogP contribution in [0.3, 0.4) is 0 Å². The largest absolute Gasteiger partial charge is 0.316 e. The summed E-state index contributed by atoms with van der Waals surface area (Å²) in [5, 5.41) is 3.61. The first-order chi connectivity index (χ1) is 9.56. The molecular formula is C17H35N3. The van der Waals surface area contributed by atoms with E-state index in [1.54, 1.807) is 0 Å². The number of rotatable bonds is 8. The second-order valence-electron chi connectivity index (χ2n) is 7.55. The van der Waals surface area contributed by atoms with Gasteiger partial charge in [-0.15, -0.1) is 0 Å². The van der Waals surface area contributed by atoms with E-state index in [4.69, 9.17) is 0 Å². The van der Waals surface area contributed by atoms with Gasteiger partial charge in [0.15, 0.2) is 0 Å². The van der Waals surface area contributed by atoms with Crippen molar-refractivity contribution in [3.05, 3.63) is 0 Å². The third-order valence-corrected chi connectivity index (χ3v) is 5.04. The lowest BCUT2D eigenvalue weighted by Gasteiger charge is -2.40. The summed E-state index contributed by atoms with van der Waals surface area (Å²) in [5.74, 6) is 2.53. The third-order valence-electron chi connectivity index (χ3n) is 5.04. The van der Waals surface area contributed by atoms with Crippen LogP contribution in [0.2, 0.25) is 0 Å². The van der Waals surface area contributed by atoms with Crippen molar-refractivity contribution in [3.8, 4) is 0 Å². The summed E-state index contributed by atoms with van der Waals surface area (Å²) in [5.41, 5.74) is 0. The van der Waals surface area contributed by atoms with Gasteiger partial charge in [0.25, 0.3) is 0 Å². The van der Waals surface area contributed by atoms with E-state index in [0.29, 0.717) is 6.04 Å². The molecule has 2 unspecified atom stereocenters. The number of nitrogens with zero attached hydrogens (tertiary/aromatic N) is 2. The summed E-state index contributed by atoms with van der Waals surface area (Å²) in [7, 11) is 0. The Labute approximate surface area is 126 Å². The van der Waals surface area contributed by atoms with Crippen LogP contribution >= 0.6 is 0 Å². The lowest BCUT2D eigenvalue weighted by Crippen LogP contribution is -2.52. The first-order valence-electron chi connectivity index (χ1n) is 8.73. The zero-order valence-electron chi connectivity index (χ0n) is 14.1. The van der Waals surface area contributed by atoms with E-state index >= 15 is 0 Å². The highest BCUT2D eigenvalue weighted by atomic mass is 15.3.